The normalized spacial score (nSPS) is 14.1. The Bertz CT molecular complexity index is 530. The van der Waals surface area contributed by atoms with Gasteiger partial charge in [-0.25, -0.2) is 4.79 Å². The molecule has 1 fully saturated rings. The summed E-state index contributed by atoms with van der Waals surface area (Å²) in [6.45, 7) is 0.895. The largest absolute Gasteiger partial charge is 0.480 e. The summed E-state index contributed by atoms with van der Waals surface area (Å²) in [5.41, 5.74) is 0. The SMILES string of the molecule is O=C(COc1ccc(Cl)cc1Cl)OCC(=O)N1CCCC1. The van der Waals surface area contributed by atoms with E-state index in [1.54, 1.807) is 17.0 Å². The van der Waals surface area contributed by atoms with Crippen LogP contribution in [0.25, 0.3) is 0 Å². The highest BCUT2D eigenvalue weighted by Gasteiger charge is 2.19. The number of carbonyl (C=O) groups excluding carboxylic acids is 2. The third kappa shape index (κ3) is 4.79. The average molecular weight is 332 g/mol. The second kappa shape index (κ2) is 7.52. The van der Waals surface area contributed by atoms with Gasteiger partial charge in [0.15, 0.2) is 13.2 Å². The number of carbonyl (C=O) groups is 2. The fourth-order valence-electron chi connectivity index (χ4n) is 1.97. The molecule has 0 aromatic heterocycles. The van der Waals surface area contributed by atoms with Crippen LogP contribution in [0.5, 0.6) is 5.75 Å². The zero-order valence-corrected chi connectivity index (χ0v) is 12.8. The molecule has 0 atom stereocenters. The van der Waals surface area contributed by atoms with E-state index in [0.717, 1.165) is 25.9 Å². The molecule has 1 aromatic rings. The van der Waals surface area contributed by atoms with Gasteiger partial charge >= 0.3 is 5.97 Å². The molecular weight excluding hydrogens is 317 g/mol. The van der Waals surface area contributed by atoms with Crippen LogP contribution in [0.15, 0.2) is 18.2 Å². The maximum Gasteiger partial charge on any atom is 0.344 e. The van der Waals surface area contributed by atoms with Gasteiger partial charge in [0, 0.05) is 18.1 Å². The minimum absolute atomic E-state index is 0.176. The third-order valence-electron chi connectivity index (χ3n) is 3.05. The molecule has 0 spiro atoms. The minimum atomic E-state index is -0.617. The summed E-state index contributed by atoms with van der Waals surface area (Å²) in [4.78, 5) is 24.9. The summed E-state index contributed by atoms with van der Waals surface area (Å²) in [6.07, 6.45) is 2.00. The van der Waals surface area contributed by atoms with Crippen molar-refractivity contribution in [3.05, 3.63) is 28.2 Å². The van der Waals surface area contributed by atoms with Crippen LogP contribution >= 0.6 is 23.2 Å². The molecule has 1 amide bonds. The van der Waals surface area contributed by atoms with Crippen LogP contribution in [0.1, 0.15) is 12.8 Å². The van der Waals surface area contributed by atoms with Crippen molar-refractivity contribution in [2.75, 3.05) is 26.3 Å². The van der Waals surface area contributed by atoms with E-state index in [2.05, 4.69) is 0 Å². The van der Waals surface area contributed by atoms with Crippen LogP contribution in [-0.2, 0) is 14.3 Å². The number of nitrogens with zero attached hydrogens (tertiary/aromatic N) is 1. The fourth-order valence-corrected chi connectivity index (χ4v) is 2.43. The van der Waals surface area contributed by atoms with Crippen molar-refractivity contribution in [2.24, 2.45) is 0 Å². The Hall–Kier alpha value is -1.46. The lowest BCUT2D eigenvalue weighted by molar-refractivity contribution is -0.153. The van der Waals surface area contributed by atoms with Gasteiger partial charge in [0.25, 0.3) is 5.91 Å². The highest BCUT2D eigenvalue weighted by Crippen LogP contribution is 2.27. The average Bonchev–Trinajstić information content (AvgIpc) is 2.98. The summed E-state index contributed by atoms with van der Waals surface area (Å²) in [6, 6.07) is 4.68. The summed E-state index contributed by atoms with van der Waals surface area (Å²) in [5, 5.41) is 0.787. The Labute approximate surface area is 132 Å². The first-order valence-corrected chi connectivity index (χ1v) is 7.33. The molecule has 0 unspecified atom stereocenters. The number of amides is 1. The van der Waals surface area contributed by atoms with Crippen LogP contribution in [0, 0.1) is 0 Å². The molecular formula is C14H15Cl2NO4. The summed E-state index contributed by atoms with van der Waals surface area (Å²) >= 11 is 11.7. The molecule has 0 saturated carbocycles. The molecule has 1 aliphatic rings. The lowest BCUT2D eigenvalue weighted by Gasteiger charge is -2.15. The van der Waals surface area contributed by atoms with Crippen molar-refractivity contribution in [2.45, 2.75) is 12.8 Å². The van der Waals surface area contributed by atoms with E-state index in [1.807, 2.05) is 0 Å². The number of esters is 1. The lowest BCUT2D eigenvalue weighted by Crippen LogP contribution is -2.32. The zero-order chi connectivity index (χ0) is 15.2. The van der Waals surface area contributed by atoms with E-state index in [1.165, 1.54) is 6.07 Å². The smallest absolute Gasteiger partial charge is 0.344 e. The van der Waals surface area contributed by atoms with Crippen molar-refractivity contribution < 1.29 is 19.1 Å². The van der Waals surface area contributed by atoms with Gasteiger partial charge in [-0.05, 0) is 31.0 Å². The van der Waals surface area contributed by atoms with Gasteiger partial charge in [-0.2, -0.15) is 0 Å². The first-order valence-electron chi connectivity index (χ1n) is 6.57. The van der Waals surface area contributed by atoms with Crippen molar-refractivity contribution in [1.29, 1.82) is 0 Å². The molecule has 2 rings (SSSR count). The van der Waals surface area contributed by atoms with Crippen molar-refractivity contribution in [3.8, 4) is 5.75 Å². The summed E-state index contributed by atoms with van der Waals surface area (Å²) in [5.74, 6) is -0.456. The predicted octanol–water partition coefficient (Wildman–Crippen LogP) is 2.54. The molecule has 0 N–H and O–H groups in total. The predicted molar refractivity (Wildman–Crippen MR) is 78.7 cm³/mol. The molecule has 114 valence electrons. The molecule has 21 heavy (non-hydrogen) atoms. The Morgan fingerprint density at radius 3 is 2.52 bits per heavy atom. The van der Waals surface area contributed by atoms with Crippen LogP contribution < -0.4 is 4.74 Å². The van der Waals surface area contributed by atoms with E-state index in [4.69, 9.17) is 32.7 Å². The molecule has 0 bridgehead atoms. The standard InChI is InChI=1S/C14H15Cl2NO4/c15-10-3-4-12(11(16)7-10)20-9-14(19)21-8-13(18)17-5-1-2-6-17/h3-4,7H,1-2,5-6,8-9H2. The molecule has 1 aliphatic heterocycles. The van der Waals surface area contributed by atoms with Crippen molar-refractivity contribution in [1.82, 2.24) is 4.90 Å². The first kappa shape index (κ1) is 15.9. The maximum atomic E-state index is 11.7. The van der Waals surface area contributed by atoms with Crippen molar-refractivity contribution in [3.63, 3.8) is 0 Å². The minimum Gasteiger partial charge on any atom is -0.480 e. The number of likely N-dealkylation sites (tertiary alicyclic amines) is 1. The molecule has 0 radical (unpaired) electrons. The highest BCUT2D eigenvalue weighted by molar-refractivity contribution is 6.35. The quantitative estimate of drug-likeness (QED) is 0.778. The Morgan fingerprint density at radius 1 is 1.14 bits per heavy atom. The van der Waals surface area contributed by atoms with E-state index >= 15 is 0 Å². The van der Waals surface area contributed by atoms with Gasteiger partial charge < -0.3 is 14.4 Å². The number of hydrogen-bond donors (Lipinski definition) is 0. The fraction of sp³-hybridized carbons (Fsp3) is 0.429. The van der Waals surface area contributed by atoms with Gasteiger partial charge in [-0.15, -0.1) is 0 Å². The van der Waals surface area contributed by atoms with E-state index in [0.29, 0.717) is 15.8 Å². The second-order valence-electron chi connectivity index (χ2n) is 4.61. The Kier molecular flexibility index (Phi) is 5.70. The number of ether oxygens (including phenoxy) is 2. The Balaban J connectivity index is 1.73. The molecule has 5 nitrogen and oxygen atoms in total. The van der Waals surface area contributed by atoms with Gasteiger partial charge in [-0.3, -0.25) is 4.79 Å². The Morgan fingerprint density at radius 2 is 1.86 bits per heavy atom. The highest BCUT2D eigenvalue weighted by atomic mass is 35.5. The van der Waals surface area contributed by atoms with Crippen molar-refractivity contribution >= 4 is 35.1 Å². The van der Waals surface area contributed by atoms with E-state index in [-0.39, 0.29) is 19.1 Å². The molecule has 1 aromatic carbocycles. The molecule has 0 aliphatic carbocycles. The zero-order valence-electron chi connectivity index (χ0n) is 11.3. The first-order chi connectivity index (χ1) is 10.1. The monoisotopic (exact) mass is 331 g/mol. The van der Waals surface area contributed by atoms with Crippen LogP contribution in [-0.4, -0.2) is 43.1 Å². The number of benzene rings is 1. The summed E-state index contributed by atoms with van der Waals surface area (Å²) in [7, 11) is 0. The maximum absolute atomic E-state index is 11.7. The summed E-state index contributed by atoms with van der Waals surface area (Å²) < 4.78 is 10.1. The van der Waals surface area contributed by atoms with Gasteiger partial charge in [0.2, 0.25) is 0 Å². The topological polar surface area (TPSA) is 55.8 Å². The molecule has 1 heterocycles. The number of hydrogen-bond acceptors (Lipinski definition) is 4. The third-order valence-corrected chi connectivity index (χ3v) is 3.59. The van der Waals surface area contributed by atoms with Gasteiger partial charge in [0.05, 0.1) is 5.02 Å². The van der Waals surface area contributed by atoms with Gasteiger partial charge in [-0.1, -0.05) is 23.2 Å². The number of halogens is 2. The van der Waals surface area contributed by atoms with E-state index < -0.39 is 5.97 Å². The van der Waals surface area contributed by atoms with Gasteiger partial charge in [0.1, 0.15) is 5.75 Å². The van der Waals surface area contributed by atoms with Crippen LogP contribution in [0.4, 0.5) is 0 Å². The second-order valence-corrected chi connectivity index (χ2v) is 5.46. The number of rotatable bonds is 5. The van der Waals surface area contributed by atoms with Crippen LogP contribution in [0.3, 0.4) is 0 Å². The molecule has 7 heteroatoms. The lowest BCUT2D eigenvalue weighted by atomic mass is 10.3. The van der Waals surface area contributed by atoms with Crippen LogP contribution in [0.2, 0.25) is 10.0 Å². The molecule has 1 saturated heterocycles. The van der Waals surface area contributed by atoms with E-state index in [9.17, 15) is 9.59 Å².